The normalized spacial score (nSPS) is 18.1. The van der Waals surface area contributed by atoms with Gasteiger partial charge in [0.05, 0.1) is 11.4 Å². The second-order valence-electron chi connectivity index (χ2n) is 7.10. The number of ether oxygens (including phenoxy) is 1. The van der Waals surface area contributed by atoms with Crippen LogP contribution >= 0.6 is 0 Å². The van der Waals surface area contributed by atoms with Crippen LogP contribution in [0.3, 0.4) is 0 Å². The first-order valence-electron chi connectivity index (χ1n) is 9.63. The van der Waals surface area contributed by atoms with Crippen molar-refractivity contribution >= 4 is 17.2 Å². The van der Waals surface area contributed by atoms with E-state index in [0.717, 1.165) is 49.4 Å². The fraction of sp³-hybridized carbons (Fsp3) is 0.381. The van der Waals surface area contributed by atoms with Gasteiger partial charge in [0.2, 0.25) is 0 Å². The number of amidine groups is 1. The van der Waals surface area contributed by atoms with Gasteiger partial charge in [-0.25, -0.2) is 16.3 Å². The number of nitrogens with one attached hydrogen (secondary N) is 2. The predicted molar refractivity (Wildman–Crippen MR) is 109 cm³/mol. The van der Waals surface area contributed by atoms with Gasteiger partial charge in [-0.05, 0) is 30.5 Å². The number of benzene rings is 2. The number of para-hydroxylation sites is 2. The number of nitrogens with zero attached hydrogens (tertiary/aromatic N) is 2. The van der Waals surface area contributed by atoms with Gasteiger partial charge in [0.25, 0.3) is 0 Å². The molecule has 4 N–H and O–H groups in total. The van der Waals surface area contributed by atoms with E-state index in [9.17, 15) is 0 Å². The quantitative estimate of drug-likeness (QED) is 0.432. The monoisotopic (exact) mass is 365 g/mol. The Morgan fingerprint density at radius 3 is 2.59 bits per heavy atom. The van der Waals surface area contributed by atoms with Crippen molar-refractivity contribution in [2.24, 2.45) is 10.8 Å². The largest absolute Gasteiger partial charge is 0.381 e. The lowest BCUT2D eigenvalue weighted by Gasteiger charge is -2.47. The summed E-state index contributed by atoms with van der Waals surface area (Å²) in [4.78, 5) is 4.89. The number of rotatable bonds is 5. The molecule has 2 aromatic carbocycles. The molecule has 27 heavy (non-hydrogen) atoms. The van der Waals surface area contributed by atoms with E-state index in [2.05, 4.69) is 35.1 Å². The second kappa shape index (κ2) is 8.08. The molecule has 142 valence electrons. The van der Waals surface area contributed by atoms with Gasteiger partial charge < -0.3 is 10.2 Å². The number of anilines is 1. The SMILES string of the molecule is NN1c2ccccc2N=C(NNCCCc2ccccc2)C12CCOCC2. The highest BCUT2D eigenvalue weighted by Crippen LogP contribution is 2.40. The van der Waals surface area contributed by atoms with Crippen LogP contribution in [0.5, 0.6) is 0 Å². The van der Waals surface area contributed by atoms with Gasteiger partial charge in [-0.3, -0.25) is 5.01 Å². The summed E-state index contributed by atoms with van der Waals surface area (Å²) in [7, 11) is 0. The van der Waals surface area contributed by atoms with Crippen LogP contribution in [0.25, 0.3) is 0 Å². The van der Waals surface area contributed by atoms with Crippen LogP contribution in [0.15, 0.2) is 59.6 Å². The van der Waals surface area contributed by atoms with Crippen LogP contribution in [0, 0.1) is 0 Å². The first-order valence-corrected chi connectivity index (χ1v) is 9.63. The summed E-state index contributed by atoms with van der Waals surface area (Å²) in [5.74, 6) is 7.46. The van der Waals surface area contributed by atoms with Gasteiger partial charge in [0, 0.05) is 32.6 Å². The highest BCUT2D eigenvalue weighted by atomic mass is 16.5. The van der Waals surface area contributed by atoms with E-state index in [1.807, 2.05) is 35.3 Å². The number of hydrazine groups is 2. The molecule has 2 heterocycles. The van der Waals surface area contributed by atoms with Crippen LogP contribution in [0.2, 0.25) is 0 Å². The van der Waals surface area contributed by atoms with E-state index in [1.54, 1.807) is 0 Å². The van der Waals surface area contributed by atoms with Gasteiger partial charge in [-0.1, -0.05) is 42.5 Å². The molecular formula is C21H27N5O. The lowest BCUT2D eigenvalue weighted by molar-refractivity contribution is 0.0687. The Morgan fingerprint density at radius 2 is 1.78 bits per heavy atom. The summed E-state index contributed by atoms with van der Waals surface area (Å²) in [5, 5.41) is 1.88. The number of fused-ring (bicyclic) bond motifs is 1. The van der Waals surface area contributed by atoms with Crippen LogP contribution in [0.1, 0.15) is 24.8 Å². The Morgan fingerprint density at radius 1 is 1.04 bits per heavy atom. The first-order chi connectivity index (χ1) is 13.3. The Balaban J connectivity index is 1.43. The van der Waals surface area contributed by atoms with Gasteiger partial charge in [0.15, 0.2) is 0 Å². The van der Waals surface area contributed by atoms with Gasteiger partial charge in [0.1, 0.15) is 11.4 Å². The van der Waals surface area contributed by atoms with E-state index in [0.29, 0.717) is 13.2 Å². The minimum absolute atomic E-state index is 0.348. The molecule has 4 rings (SSSR count). The number of nitrogens with two attached hydrogens (primary N) is 1. The number of hydrogen-bond donors (Lipinski definition) is 3. The molecule has 0 saturated carbocycles. The number of aryl methyl sites for hydroxylation is 1. The lowest BCUT2D eigenvalue weighted by atomic mass is 9.86. The van der Waals surface area contributed by atoms with E-state index >= 15 is 0 Å². The molecule has 2 aliphatic heterocycles. The smallest absolute Gasteiger partial charge is 0.144 e. The maximum absolute atomic E-state index is 6.58. The molecule has 1 saturated heterocycles. The molecule has 0 atom stereocenters. The fourth-order valence-electron chi connectivity index (χ4n) is 3.83. The van der Waals surface area contributed by atoms with Crippen LogP contribution < -0.4 is 21.7 Å². The van der Waals surface area contributed by atoms with E-state index in [4.69, 9.17) is 15.6 Å². The molecule has 1 fully saturated rings. The van der Waals surface area contributed by atoms with Crippen molar-refractivity contribution in [2.75, 3.05) is 24.8 Å². The minimum Gasteiger partial charge on any atom is -0.381 e. The molecule has 0 unspecified atom stereocenters. The average Bonchev–Trinajstić information content (AvgIpc) is 2.73. The molecule has 2 aromatic rings. The third-order valence-corrected chi connectivity index (χ3v) is 5.41. The van der Waals surface area contributed by atoms with Crippen molar-refractivity contribution in [3.63, 3.8) is 0 Å². The van der Waals surface area contributed by atoms with Crippen molar-refractivity contribution in [2.45, 2.75) is 31.2 Å². The molecular weight excluding hydrogens is 338 g/mol. The van der Waals surface area contributed by atoms with Gasteiger partial charge >= 0.3 is 0 Å². The zero-order valence-corrected chi connectivity index (χ0v) is 15.5. The molecule has 6 heteroatoms. The lowest BCUT2D eigenvalue weighted by Crippen LogP contribution is -2.67. The van der Waals surface area contributed by atoms with Gasteiger partial charge in [-0.15, -0.1) is 0 Å². The van der Waals surface area contributed by atoms with E-state index < -0.39 is 0 Å². The average molecular weight is 365 g/mol. The van der Waals surface area contributed by atoms with Crippen LogP contribution in [-0.4, -0.2) is 31.1 Å². The van der Waals surface area contributed by atoms with Crippen molar-refractivity contribution in [1.82, 2.24) is 10.9 Å². The highest BCUT2D eigenvalue weighted by Gasteiger charge is 2.45. The summed E-state index contributed by atoms with van der Waals surface area (Å²) in [6.45, 7) is 2.22. The molecule has 0 bridgehead atoms. The van der Waals surface area contributed by atoms with E-state index in [-0.39, 0.29) is 5.54 Å². The summed E-state index contributed by atoms with van der Waals surface area (Å²) in [5.41, 5.74) is 9.58. The minimum atomic E-state index is -0.348. The highest BCUT2D eigenvalue weighted by molar-refractivity contribution is 6.00. The van der Waals surface area contributed by atoms with Crippen molar-refractivity contribution in [3.8, 4) is 0 Å². The standard InChI is InChI=1S/C21H27N5O/c22-26-19-11-5-4-10-18(19)24-20(21(26)12-15-27-16-13-21)25-23-14-6-9-17-7-2-1-3-8-17/h1-5,7-8,10-11,23H,6,9,12-16,22H2,(H,24,25). The maximum atomic E-state index is 6.58. The molecule has 2 aliphatic rings. The van der Waals surface area contributed by atoms with Crippen LogP contribution in [0.4, 0.5) is 11.4 Å². The Bertz CT molecular complexity index is 786. The van der Waals surface area contributed by atoms with Gasteiger partial charge in [-0.2, -0.15) is 0 Å². The molecule has 6 nitrogen and oxygen atoms in total. The third-order valence-electron chi connectivity index (χ3n) is 5.41. The Labute approximate surface area is 160 Å². The summed E-state index contributed by atoms with van der Waals surface area (Å²) in [6, 6.07) is 18.6. The summed E-state index contributed by atoms with van der Waals surface area (Å²) < 4.78 is 5.59. The zero-order valence-electron chi connectivity index (χ0n) is 15.5. The Kier molecular flexibility index (Phi) is 5.38. The fourth-order valence-corrected chi connectivity index (χ4v) is 3.83. The van der Waals surface area contributed by atoms with E-state index in [1.165, 1.54) is 5.56 Å². The topological polar surface area (TPSA) is 74.9 Å². The maximum Gasteiger partial charge on any atom is 0.144 e. The first kappa shape index (κ1) is 18.0. The Hall–Kier alpha value is -2.41. The van der Waals surface area contributed by atoms with Crippen molar-refractivity contribution in [1.29, 1.82) is 0 Å². The second-order valence-corrected chi connectivity index (χ2v) is 7.10. The number of hydrogen-bond acceptors (Lipinski definition) is 6. The molecule has 0 aliphatic carbocycles. The van der Waals surface area contributed by atoms with Crippen molar-refractivity contribution < 1.29 is 4.74 Å². The molecule has 0 radical (unpaired) electrons. The summed E-state index contributed by atoms with van der Waals surface area (Å²) in [6.07, 6.45) is 3.72. The van der Waals surface area contributed by atoms with Crippen LogP contribution in [-0.2, 0) is 11.2 Å². The van der Waals surface area contributed by atoms with Crippen molar-refractivity contribution in [3.05, 3.63) is 60.2 Å². The molecule has 1 spiro atoms. The summed E-state index contributed by atoms with van der Waals surface area (Å²) >= 11 is 0. The molecule has 0 amide bonds. The third kappa shape index (κ3) is 3.69. The molecule has 0 aromatic heterocycles. The number of aliphatic imine (C=N–C) groups is 1. The zero-order chi connectivity index (χ0) is 18.5. The predicted octanol–water partition coefficient (Wildman–Crippen LogP) is 2.69.